The molecular weight excluding hydrogens is 332 g/mol. The van der Waals surface area contributed by atoms with Crippen LogP contribution in [0.1, 0.15) is 23.9 Å². The van der Waals surface area contributed by atoms with Crippen LogP contribution in [0.4, 0.5) is 5.69 Å². The average Bonchev–Trinajstić information content (AvgIpc) is 3.15. The normalized spacial score (nSPS) is 10.8. The van der Waals surface area contributed by atoms with Crippen molar-refractivity contribution in [1.82, 2.24) is 15.5 Å². The van der Waals surface area contributed by atoms with Crippen molar-refractivity contribution >= 4 is 5.69 Å². The molecule has 0 amide bonds. The van der Waals surface area contributed by atoms with E-state index in [1.165, 1.54) is 11.6 Å². The van der Waals surface area contributed by atoms with Gasteiger partial charge in [0.05, 0.1) is 4.92 Å². The summed E-state index contributed by atoms with van der Waals surface area (Å²) in [6.45, 7) is 3.18. The molecule has 0 aliphatic heterocycles. The highest BCUT2D eigenvalue weighted by atomic mass is 16.6. The van der Waals surface area contributed by atoms with E-state index in [1.54, 1.807) is 12.1 Å². The number of nitrogens with zero attached hydrogens (tertiary/aromatic N) is 3. The number of nitro benzene ring substituents is 1. The predicted molar refractivity (Wildman–Crippen MR) is 97.6 cm³/mol. The van der Waals surface area contributed by atoms with Crippen LogP contribution in [0.5, 0.6) is 0 Å². The fourth-order valence-corrected chi connectivity index (χ4v) is 2.62. The molecule has 0 aliphatic rings. The van der Waals surface area contributed by atoms with Crippen molar-refractivity contribution in [3.8, 4) is 11.5 Å². The van der Waals surface area contributed by atoms with Crippen LogP contribution in [0.3, 0.4) is 0 Å². The molecule has 1 heterocycles. The summed E-state index contributed by atoms with van der Waals surface area (Å²) in [7, 11) is 0. The Morgan fingerprint density at radius 3 is 2.62 bits per heavy atom. The van der Waals surface area contributed by atoms with E-state index in [4.69, 9.17) is 4.52 Å². The Bertz CT molecular complexity index is 875. The molecule has 1 aromatic heterocycles. The molecule has 0 saturated carbocycles. The second-order valence-corrected chi connectivity index (χ2v) is 5.88. The van der Waals surface area contributed by atoms with Crippen molar-refractivity contribution < 1.29 is 9.45 Å². The lowest BCUT2D eigenvalue weighted by atomic mass is 10.1. The summed E-state index contributed by atoms with van der Waals surface area (Å²) in [4.78, 5) is 15.0. The van der Waals surface area contributed by atoms with E-state index in [9.17, 15) is 10.1 Å². The quantitative estimate of drug-likeness (QED) is 0.378. The predicted octanol–water partition coefficient (Wildman–Crippen LogP) is 3.54. The molecule has 1 N–H and O–H groups in total. The number of nitrogens with one attached hydrogen (secondary N) is 1. The molecule has 0 unspecified atom stereocenters. The molecule has 7 heteroatoms. The molecule has 3 rings (SSSR count). The van der Waals surface area contributed by atoms with E-state index in [1.807, 2.05) is 37.3 Å². The summed E-state index contributed by atoms with van der Waals surface area (Å²) in [6.07, 6.45) is 1.57. The lowest BCUT2D eigenvalue weighted by molar-refractivity contribution is -0.385. The van der Waals surface area contributed by atoms with Gasteiger partial charge in [0.2, 0.25) is 0 Å². The maximum Gasteiger partial charge on any atom is 0.273 e. The third kappa shape index (κ3) is 4.31. The van der Waals surface area contributed by atoms with Gasteiger partial charge in [-0.2, -0.15) is 4.98 Å². The summed E-state index contributed by atoms with van der Waals surface area (Å²) in [5.41, 5.74) is 2.90. The monoisotopic (exact) mass is 352 g/mol. The third-order valence-electron chi connectivity index (χ3n) is 4.08. The molecule has 3 aromatic rings. The zero-order chi connectivity index (χ0) is 18.4. The highest BCUT2D eigenvalue weighted by Gasteiger charge is 2.11. The number of para-hydroxylation sites is 1. The second-order valence-electron chi connectivity index (χ2n) is 5.88. The van der Waals surface area contributed by atoms with Crippen LogP contribution in [0, 0.1) is 10.1 Å². The summed E-state index contributed by atoms with van der Waals surface area (Å²) in [5.74, 6) is 1.23. The molecule has 0 fully saturated rings. The molecular formula is C19H20N4O3. The smallest absolute Gasteiger partial charge is 0.273 e. The second kappa shape index (κ2) is 8.35. The van der Waals surface area contributed by atoms with Crippen molar-refractivity contribution in [2.75, 3.05) is 6.54 Å². The molecule has 0 radical (unpaired) electrons. The molecule has 26 heavy (non-hydrogen) atoms. The SMILES string of the molecule is CCc1noc(-c2ccc(CCNCc3ccccc3[N+](=O)[O-])cc2)n1. The van der Waals surface area contributed by atoms with Crippen molar-refractivity contribution in [1.29, 1.82) is 0 Å². The fourth-order valence-electron chi connectivity index (χ4n) is 2.62. The number of nitro groups is 1. The van der Waals surface area contributed by atoms with Crippen LogP contribution < -0.4 is 5.32 Å². The number of aromatic nitrogens is 2. The topological polar surface area (TPSA) is 94.1 Å². The van der Waals surface area contributed by atoms with Gasteiger partial charge in [0.25, 0.3) is 11.6 Å². The molecule has 0 aliphatic carbocycles. The van der Waals surface area contributed by atoms with Crippen LogP contribution in [0.2, 0.25) is 0 Å². The number of benzene rings is 2. The van der Waals surface area contributed by atoms with Crippen molar-refractivity contribution in [2.45, 2.75) is 26.3 Å². The Morgan fingerprint density at radius 2 is 1.92 bits per heavy atom. The first-order valence-corrected chi connectivity index (χ1v) is 8.52. The van der Waals surface area contributed by atoms with Crippen LogP contribution in [-0.2, 0) is 19.4 Å². The van der Waals surface area contributed by atoms with Gasteiger partial charge >= 0.3 is 0 Å². The van der Waals surface area contributed by atoms with Crippen LogP contribution in [0.25, 0.3) is 11.5 Å². The van der Waals surface area contributed by atoms with Gasteiger partial charge in [0.15, 0.2) is 5.82 Å². The average molecular weight is 352 g/mol. The maximum absolute atomic E-state index is 11.0. The zero-order valence-corrected chi connectivity index (χ0v) is 14.5. The van der Waals surface area contributed by atoms with E-state index in [-0.39, 0.29) is 10.6 Å². The molecule has 134 valence electrons. The lowest BCUT2D eigenvalue weighted by Crippen LogP contribution is -2.17. The van der Waals surface area contributed by atoms with Gasteiger partial charge in [-0.1, -0.05) is 42.4 Å². The first-order valence-electron chi connectivity index (χ1n) is 8.52. The minimum Gasteiger partial charge on any atom is -0.334 e. The molecule has 2 aromatic carbocycles. The highest BCUT2D eigenvalue weighted by Crippen LogP contribution is 2.19. The molecule has 0 bridgehead atoms. The summed E-state index contributed by atoms with van der Waals surface area (Å²) >= 11 is 0. The van der Waals surface area contributed by atoms with E-state index in [0.717, 1.165) is 24.9 Å². The van der Waals surface area contributed by atoms with Crippen molar-refractivity contribution in [3.63, 3.8) is 0 Å². The van der Waals surface area contributed by atoms with E-state index in [2.05, 4.69) is 15.5 Å². The molecule has 0 atom stereocenters. The summed E-state index contributed by atoms with van der Waals surface area (Å²) < 4.78 is 5.23. The van der Waals surface area contributed by atoms with Crippen molar-refractivity contribution in [3.05, 3.63) is 75.6 Å². The van der Waals surface area contributed by atoms with Gasteiger partial charge in [0, 0.05) is 30.2 Å². The van der Waals surface area contributed by atoms with Crippen LogP contribution >= 0.6 is 0 Å². The van der Waals surface area contributed by atoms with E-state index in [0.29, 0.717) is 23.8 Å². The largest absolute Gasteiger partial charge is 0.334 e. The third-order valence-corrected chi connectivity index (χ3v) is 4.08. The van der Waals surface area contributed by atoms with Gasteiger partial charge in [-0.15, -0.1) is 0 Å². The van der Waals surface area contributed by atoms with Gasteiger partial charge in [-0.25, -0.2) is 0 Å². The fraction of sp³-hybridized carbons (Fsp3) is 0.263. The number of hydrogen-bond donors (Lipinski definition) is 1. The summed E-state index contributed by atoms with van der Waals surface area (Å²) in [5, 5.41) is 18.2. The van der Waals surface area contributed by atoms with Crippen molar-refractivity contribution in [2.24, 2.45) is 0 Å². The van der Waals surface area contributed by atoms with E-state index >= 15 is 0 Å². The zero-order valence-electron chi connectivity index (χ0n) is 14.5. The number of rotatable bonds is 8. The Morgan fingerprint density at radius 1 is 1.15 bits per heavy atom. The minimum absolute atomic E-state index is 0.148. The molecule has 7 nitrogen and oxygen atoms in total. The van der Waals surface area contributed by atoms with E-state index < -0.39 is 0 Å². The van der Waals surface area contributed by atoms with Crippen LogP contribution in [-0.4, -0.2) is 21.6 Å². The van der Waals surface area contributed by atoms with Gasteiger partial charge in [-0.05, 0) is 30.7 Å². The number of hydrogen-bond acceptors (Lipinski definition) is 6. The Kier molecular flexibility index (Phi) is 5.70. The van der Waals surface area contributed by atoms with Gasteiger partial charge < -0.3 is 9.84 Å². The highest BCUT2D eigenvalue weighted by molar-refractivity contribution is 5.53. The molecule has 0 spiro atoms. The standard InChI is InChI=1S/C19H20N4O3/c1-2-18-21-19(26-22-18)15-9-7-14(8-10-15)11-12-20-13-16-5-3-4-6-17(16)23(24)25/h3-10,20H,2,11-13H2,1H3. The Hall–Kier alpha value is -3.06. The minimum atomic E-state index is -0.350. The van der Waals surface area contributed by atoms with Crippen LogP contribution in [0.15, 0.2) is 53.1 Å². The summed E-state index contributed by atoms with van der Waals surface area (Å²) in [6, 6.07) is 14.8. The number of aryl methyl sites for hydroxylation is 1. The van der Waals surface area contributed by atoms with Gasteiger partial charge in [-0.3, -0.25) is 10.1 Å². The maximum atomic E-state index is 11.0. The lowest BCUT2D eigenvalue weighted by Gasteiger charge is -2.06. The first kappa shape index (κ1) is 17.8. The molecule has 0 saturated heterocycles. The van der Waals surface area contributed by atoms with Gasteiger partial charge in [0.1, 0.15) is 0 Å². The Labute approximate surface area is 151 Å². The first-order chi connectivity index (χ1) is 12.7. The Balaban J connectivity index is 1.52.